The van der Waals surface area contributed by atoms with Crippen LogP contribution in [0.4, 0.5) is 11.4 Å². The van der Waals surface area contributed by atoms with E-state index in [1.807, 2.05) is 43.3 Å². The first kappa shape index (κ1) is 14.8. The van der Waals surface area contributed by atoms with Gasteiger partial charge in [-0.1, -0.05) is 6.07 Å². The molecule has 0 spiro atoms. The van der Waals surface area contributed by atoms with E-state index in [0.29, 0.717) is 24.2 Å². The average Bonchev–Trinajstić information content (AvgIpc) is 2.47. The van der Waals surface area contributed by atoms with Crippen LogP contribution in [0, 0.1) is 0 Å². The second-order valence-corrected chi connectivity index (χ2v) is 5.00. The summed E-state index contributed by atoms with van der Waals surface area (Å²) in [6, 6.07) is 11.1. The van der Waals surface area contributed by atoms with Gasteiger partial charge in [0.05, 0.1) is 5.56 Å². The molecule has 1 amide bonds. The Hall–Kier alpha value is -2.56. The van der Waals surface area contributed by atoms with Gasteiger partial charge in [-0.2, -0.15) is 0 Å². The minimum Gasteiger partial charge on any atom is -0.399 e. The second-order valence-electron chi connectivity index (χ2n) is 5.00. The summed E-state index contributed by atoms with van der Waals surface area (Å²) in [6.45, 7) is 0.539. The van der Waals surface area contributed by atoms with Gasteiger partial charge in [-0.15, -0.1) is 0 Å². The minimum atomic E-state index is -0.123. The molecule has 0 atom stereocenters. The predicted octanol–water partition coefficient (Wildman–Crippen LogP) is 1.70. The van der Waals surface area contributed by atoms with Gasteiger partial charge >= 0.3 is 0 Å². The van der Waals surface area contributed by atoms with Gasteiger partial charge in [0, 0.05) is 50.3 Å². The molecule has 0 aliphatic heterocycles. The van der Waals surface area contributed by atoms with Gasteiger partial charge in [-0.25, -0.2) is 0 Å². The van der Waals surface area contributed by atoms with Gasteiger partial charge in [0.1, 0.15) is 0 Å². The summed E-state index contributed by atoms with van der Waals surface area (Å²) >= 11 is 0. The number of nitrogens with one attached hydrogen (secondary N) is 1. The quantitative estimate of drug-likeness (QED) is 0.820. The summed E-state index contributed by atoms with van der Waals surface area (Å²) in [5.74, 6) is -0.123. The van der Waals surface area contributed by atoms with Gasteiger partial charge in [-0.3, -0.25) is 9.78 Å². The topological polar surface area (TPSA) is 71.2 Å². The number of aromatic nitrogens is 1. The molecule has 5 heteroatoms. The van der Waals surface area contributed by atoms with Crippen LogP contribution < -0.4 is 16.0 Å². The number of benzene rings is 1. The van der Waals surface area contributed by atoms with Crippen molar-refractivity contribution >= 4 is 17.3 Å². The summed E-state index contributed by atoms with van der Waals surface area (Å²) < 4.78 is 0. The molecular formula is C16H20N4O. The highest BCUT2D eigenvalue weighted by Gasteiger charge is 2.13. The van der Waals surface area contributed by atoms with Crippen molar-refractivity contribution in [1.29, 1.82) is 0 Å². The zero-order chi connectivity index (χ0) is 15.2. The van der Waals surface area contributed by atoms with E-state index in [9.17, 15) is 4.79 Å². The van der Waals surface area contributed by atoms with E-state index in [1.54, 1.807) is 18.3 Å². The van der Waals surface area contributed by atoms with E-state index in [0.717, 1.165) is 11.4 Å². The Kier molecular flexibility index (Phi) is 4.77. The Morgan fingerprint density at radius 1 is 1.29 bits per heavy atom. The van der Waals surface area contributed by atoms with Crippen LogP contribution in [0.25, 0.3) is 0 Å². The number of carbonyl (C=O) groups is 1. The molecule has 0 aliphatic carbocycles. The van der Waals surface area contributed by atoms with E-state index in [2.05, 4.69) is 10.3 Å². The molecule has 5 nitrogen and oxygen atoms in total. The van der Waals surface area contributed by atoms with Gasteiger partial charge in [0.15, 0.2) is 0 Å². The molecule has 3 N–H and O–H groups in total. The van der Waals surface area contributed by atoms with Crippen LogP contribution in [0.2, 0.25) is 0 Å². The monoisotopic (exact) mass is 284 g/mol. The first-order valence-corrected chi connectivity index (χ1v) is 6.83. The maximum Gasteiger partial charge on any atom is 0.253 e. The number of hydrogen-bond donors (Lipinski definition) is 2. The molecule has 0 radical (unpaired) electrons. The van der Waals surface area contributed by atoms with Crippen molar-refractivity contribution in [2.45, 2.75) is 6.42 Å². The molecule has 2 rings (SSSR count). The summed E-state index contributed by atoms with van der Waals surface area (Å²) in [7, 11) is 3.80. The van der Waals surface area contributed by atoms with Crippen LogP contribution in [0.5, 0.6) is 0 Å². The van der Waals surface area contributed by atoms with Crippen LogP contribution in [-0.4, -0.2) is 31.5 Å². The number of anilines is 2. The normalized spacial score (nSPS) is 10.2. The number of nitrogen functional groups attached to an aromatic ring is 1. The van der Waals surface area contributed by atoms with E-state index in [1.165, 1.54) is 0 Å². The van der Waals surface area contributed by atoms with E-state index < -0.39 is 0 Å². The van der Waals surface area contributed by atoms with Crippen molar-refractivity contribution in [3.8, 4) is 0 Å². The van der Waals surface area contributed by atoms with Gasteiger partial charge in [-0.05, 0) is 30.3 Å². The van der Waals surface area contributed by atoms with Crippen LogP contribution in [0.3, 0.4) is 0 Å². The van der Waals surface area contributed by atoms with Crippen molar-refractivity contribution in [3.05, 3.63) is 53.9 Å². The molecule has 0 saturated carbocycles. The molecule has 21 heavy (non-hydrogen) atoms. The molecule has 0 aliphatic rings. The zero-order valence-corrected chi connectivity index (χ0v) is 12.3. The number of amides is 1. The molecule has 0 unspecified atom stereocenters. The molecule has 0 bridgehead atoms. The van der Waals surface area contributed by atoms with E-state index >= 15 is 0 Å². The Morgan fingerprint density at radius 3 is 2.76 bits per heavy atom. The zero-order valence-electron chi connectivity index (χ0n) is 12.3. The third-order valence-electron chi connectivity index (χ3n) is 3.14. The van der Waals surface area contributed by atoms with Crippen molar-refractivity contribution in [2.24, 2.45) is 0 Å². The van der Waals surface area contributed by atoms with Crippen LogP contribution in [-0.2, 0) is 6.42 Å². The van der Waals surface area contributed by atoms with Crippen LogP contribution in [0.1, 0.15) is 16.1 Å². The number of nitrogens with two attached hydrogens (primary N) is 1. The predicted molar refractivity (Wildman–Crippen MR) is 85.5 cm³/mol. The third kappa shape index (κ3) is 3.95. The van der Waals surface area contributed by atoms with E-state index in [-0.39, 0.29) is 5.91 Å². The number of pyridine rings is 1. The third-order valence-corrected chi connectivity index (χ3v) is 3.14. The van der Waals surface area contributed by atoms with Crippen molar-refractivity contribution in [2.75, 3.05) is 31.3 Å². The Balaban J connectivity index is 2.02. The minimum absolute atomic E-state index is 0.123. The molecule has 1 heterocycles. The fourth-order valence-electron chi connectivity index (χ4n) is 2.07. The molecule has 1 aromatic carbocycles. The number of rotatable bonds is 5. The fraction of sp³-hybridized carbons (Fsp3) is 0.250. The van der Waals surface area contributed by atoms with E-state index in [4.69, 9.17) is 5.73 Å². The summed E-state index contributed by atoms with van der Waals surface area (Å²) in [5, 5.41) is 2.91. The maximum atomic E-state index is 12.3. The highest BCUT2D eigenvalue weighted by molar-refractivity contribution is 6.00. The number of nitrogens with zero attached hydrogens (tertiary/aromatic N) is 2. The Morgan fingerprint density at radius 2 is 2.10 bits per heavy atom. The van der Waals surface area contributed by atoms with Crippen LogP contribution >= 0.6 is 0 Å². The molecule has 0 saturated heterocycles. The number of carbonyl (C=O) groups excluding carboxylic acids is 1. The first-order chi connectivity index (χ1) is 10.1. The maximum absolute atomic E-state index is 12.3. The highest BCUT2D eigenvalue weighted by Crippen LogP contribution is 2.21. The van der Waals surface area contributed by atoms with Crippen molar-refractivity contribution in [3.63, 3.8) is 0 Å². The van der Waals surface area contributed by atoms with Gasteiger partial charge in [0.25, 0.3) is 5.91 Å². The second kappa shape index (κ2) is 6.74. The average molecular weight is 284 g/mol. The standard InChI is InChI=1S/C16H20N4O/c1-20(2)15-7-6-12(17)11-14(15)16(21)19-10-8-13-5-3-4-9-18-13/h3-7,9,11H,8,10,17H2,1-2H3,(H,19,21). The lowest BCUT2D eigenvalue weighted by atomic mass is 10.1. The van der Waals surface area contributed by atoms with Crippen molar-refractivity contribution < 1.29 is 4.79 Å². The molecule has 0 fully saturated rings. The summed E-state index contributed by atoms with van der Waals surface area (Å²) in [4.78, 5) is 18.4. The fourth-order valence-corrected chi connectivity index (χ4v) is 2.07. The molecule has 2 aromatic rings. The number of hydrogen-bond acceptors (Lipinski definition) is 4. The molecular weight excluding hydrogens is 264 g/mol. The Labute approximate surface area is 124 Å². The summed E-state index contributed by atoms with van der Waals surface area (Å²) in [5.41, 5.74) is 8.74. The van der Waals surface area contributed by atoms with Gasteiger partial charge < -0.3 is 16.0 Å². The largest absolute Gasteiger partial charge is 0.399 e. The Bertz CT molecular complexity index is 611. The lowest BCUT2D eigenvalue weighted by Crippen LogP contribution is -2.28. The smallest absolute Gasteiger partial charge is 0.253 e. The SMILES string of the molecule is CN(C)c1ccc(N)cc1C(=O)NCCc1ccccn1. The first-order valence-electron chi connectivity index (χ1n) is 6.83. The van der Waals surface area contributed by atoms with Gasteiger partial charge in [0.2, 0.25) is 0 Å². The summed E-state index contributed by atoms with van der Waals surface area (Å²) in [6.07, 6.45) is 2.45. The molecule has 110 valence electrons. The van der Waals surface area contributed by atoms with Crippen LogP contribution in [0.15, 0.2) is 42.6 Å². The molecule has 1 aromatic heterocycles. The lowest BCUT2D eigenvalue weighted by Gasteiger charge is -2.17. The van der Waals surface area contributed by atoms with Crippen molar-refractivity contribution in [1.82, 2.24) is 10.3 Å². The lowest BCUT2D eigenvalue weighted by molar-refractivity contribution is 0.0954. The highest BCUT2D eigenvalue weighted by atomic mass is 16.1.